The van der Waals surface area contributed by atoms with Crippen LogP contribution in [0.1, 0.15) is 25.3 Å². The molecule has 1 N–H and O–H groups in total. The summed E-state index contributed by atoms with van der Waals surface area (Å²) in [4.78, 5) is 9.32. The molecule has 1 aromatic heterocycles. The highest BCUT2D eigenvalue weighted by atomic mass is 35.5. The number of hydrogen-bond donors (Lipinski definition) is 1. The first-order valence-corrected chi connectivity index (χ1v) is 7.80. The molecule has 1 spiro atoms. The summed E-state index contributed by atoms with van der Waals surface area (Å²) in [6.07, 6.45) is 4.74. The van der Waals surface area contributed by atoms with Gasteiger partial charge in [-0.15, -0.1) is 12.4 Å². The largest absolute Gasteiger partial charge is 0.360 e. The van der Waals surface area contributed by atoms with Crippen LogP contribution < -0.4 is 10.2 Å². The van der Waals surface area contributed by atoms with Gasteiger partial charge in [-0.3, -0.25) is 4.90 Å². The summed E-state index contributed by atoms with van der Waals surface area (Å²) in [5.74, 6) is 1.06. The van der Waals surface area contributed by atoms with Crippen molar-refractivity contribution >= 4 is 18.2 Å². The van der Waals surface area contributed by atoms with Crippen LogP contribution in [0, 0.1) is 5.41 Å². The van der Waals surface area contributed by atoms with Crippen molar-refractivity contribution in [3.63, 3.8) is 0 Å². The zero-order chi connectivity index (χ0) is 14.0. The lowest BCUT2D eigenvalue weighted by atomic mass is 9.87. The van der Waals surface area contributed by atoms with Gasteiger partial charge in [0.15, 0.2) is 0 Å². The number of rotatable bonds is 4. The van der Waals surface area contributed by atoms with Crippen LogP contribution in [-0.4, -0.2) is 49.7 Å². The van der Waals surface area contributed by atoms with Crippen LogP contribution in [-0.2, 0) is 6.54 Å². The zero-order valence-corrected chi connectivity index (χ0v) is 14.0. The molecule has 0 saturated carbocycles. The molecule has 1 unspecified atom stereocenters. The van der Waals surface area contributed by atoms with Crippen LogP contribution in [0.25, 0.3) is 0 Å². The Bertz CT molecular complexity index is 442. The van der Waals surface area contributed by atoms with Gasteiger partial charge in [-0.05, 0) is 49.9 Å². The molecule has 2 fully saturated rings. The maximum atomic E-state index is 4.57. The second-order valence-corrected chi connectivity index (χ2v) is 6.43. The van der Waals surface area contributed by atoms with Crippen molar-refractivity contribution in [1.29, 1.82) is 0 Å². The van der Waals surface area contributed by atoms with Gasteiger partial charge in [-0.2, -0.15) is 0 Å². The van der Waals surface area contributed by atoms with Gasteiger partial charge in [-0.25, -0.2) is 4.98 Å². The topological polar surface area (TPSA) is 31.4 Å². The molecule has 0 aliphatic carbocycles. The summed E-state index contributed by atoms with van der Waals surface area (Å²) in [6.45, 7) is 9.08. The Kier molecular flexibility index (Phi) is 5.47. The van der Waals surface area contributed by atoms with E-state index in [0.717, 1.165) is 18.9 Å². The van der Waals surface area contributed by atoms with Crippen LogP contribution in [0.4, 0.5) is 5.82 Å². The fraction of sp³-hybridized carbons (Fsp3) is 0.688. The van der Waals surface area contributed by atoms with Crippen molar-refractivity contribution in [3.8, 4) is 0 Å². The maximum absolute atomic E-state index is 4.57. The molecule has 0 bridgehead atoms. The van der Waals surface area contributed by atoms with E-state index < -0.39 is 0 Å². The number of aromatic nitrogens is 1. The molecule has 118 valence electrons. The molecule has 4 nitrogen and oxygen atoms in total. The molecule has 5 heteroatoms. The van der Waals surface area contributed by atoms with Gasteiger partial charge in [0.25, 0.3) is 0 Å². The monoisotopic (exact) mass is 310 g/mol. The third-order valence-electron chi connectivity index (χ3n) is 4.93. The third-order valence-corrected chi connectivity index (χ3v) is 4.93. The van der Waals surface area contributed by atoms with E-state index in [1.807, 2.05) is 6.20 Å². The lowest BCUT2D eigenvalue weighted by molar-refractivity contribution is 0.268. The molecule has 2 aliphatic rings. The van der Waals surface area contributed by atoms with Crippen molar-refractivity contribution in [2.75, 3.05) is 44.7 Å². The fourth-order valence-corrected chi connectivity index (χ4v) is 3.46. The summed E-state index contributed by atoms with van der Waals surface area (Å²) in [7, 11) is 2.08. The summed E-state index contributed by atoms with van der Waals surface area (Å²) >= 11 is 0. The standard InChI is InChI=1S/C16H26N4.ClH/c1-3-19(2)15-5-4-14(10-18-15)11-20-9-7-16(13-20)6-8-17-12-16;/h4-5,10,17H,3,6-9,11-13H2,1-2H3;1H. The molecule has 21 heavy (non-hydrogen) atoms. The average Bonchev–Trinajstić information content (AvgIpc) is 3.09. The van der Waals surface area contributed by atoms with Crippen LogP contribution in [0.3, 0.4) is 0 Å². The number of pyridine rings is 1. The number of anilines is 1. The molecular weight excluding hydrogens is 284 g/mol. The Balaban J connectivity index is 0.00000161. The Morgan fingerprint density at radius 3 is 2.86 bits per heavy atom. The molecule has 0 radical (unpaired) electrons. The molecule has 0 aromatic carbocycles. The minimum Gasteiger partial charge on any atom is -0.360 e. The Morgan fingerprint density at radius 1 is 1.38 bits per heavy atom. The van der Waals surface area contributed by atoms with Gasteiger partial charge in [0.1, 0.15) is 5.82 Å². The van der Waals surface area contributed by atoms with Gasteiger partial charge in [0, 0.05) is 39.4 Å². The minimum atomic E-state index is 0. The van der Waals surface area contributed by atoms with E-state index in [9.17, 15) is 0 Å². The molecule has 3 heterocycles. The van der Waals surface area contributed by atoms with Gasteiger partial charge < -0.3 is 10.2 Å². The molecule has 2 aliphatic heterocycles. The number of hydrogen-bond acceptors (Lipinski definition) is 4. The van der Waals surface area contributed by atoms with Crippen molar-refractivity contribution in [2.24, 2.45) is 5.41 Å². The summed E-state index contributed by atoms with van der Waals surface area (Å²) in [5.41, 5.74) is 1.90. The van der Waals surface area contributed by atoms with E-state index in [1.165, 1.54) is 44.6 Å². The SMILES string of the molecule is CCN(C)c1ccc(CN2CCC3(CCNC3)C2)cn1.Cl. The molecular formula is C16H27ClN4. The van der Waals surface area contributed by atoms with E-state index >= 15 is 0 Å². The van der Waals surface area contributed by atoms with Crippen LogP contribution >= 0.6 is 12.4 Å². The normalized spacial score (nSPS) is 25.2. The van der Waals surface area contributed by atoms with Crippen molar-refractivity contribution in [2.45, 2.75) is 26.3 Å². The molecule has 1 aromatic rings. The van der Waals surface area contributed by atoms with Crippen molar-refractivity contribution < 1.29 is 0 Å². The Hall–Kier alpha value is -0.840. The van der Waals surface area contributed by atoms with Crippen molar-refractivity contribution in [1.82, 2.24) is 15.2 Å². The predicted molar refractivity (Wildman–Crippen MR) is 90.2 cm³/mol. The highest BCUT2D eigenvalue weighted by molar-refractivity contribution is 5.85. The molecule has 3 rings (SSSR count). The first-order valence-electron chi connectivity index (χ1n) is 7.80. The van der Waals surface area contributed by atoms with E-state index in [4.69, 9.17) is 0 Å². The molecule has 0 amide bonds. The number of likely N-dealkylation sites (tertiary alicyclic amines) is 1. The van der Waals surface area contributed by atoms with E-state index in [0.29, 0.717) is 5.41 Å². The molecule has 1 atom stereocenters. The number of halogens is 1. The van der Waals surface area contributed by atoms with Crippen LogP contribution in [0.2, 0.25) is 0 Å². The summed E-state index contributed by atoms with van der Waals surface area (Å²) in [6, 6.07) is 4.37. The molecule has 2 saturated heterocycles. The third kappa shape index (κ3) is 3.68. The predicted octanol–water partition coefficient (Wildman–Crippen LogP) is 2.14. The second-order valence-electron chi connectivity index (χ2n) is 6.43. The second kappa shape index (κ2) is 6.95. The van der Waals surface area contributed by atoms with Gasteiger partial charge in [0.2, 0.25) is 0 Å². The highest BCUT2D eigenvalue weighted by Crippen LogP contribution is 2.36. The first kappa shape index (κ1) is 16.5. The summed E-state index contributed by atoms with van der Waals surface area (Å²) < 4.78 is 0. The highest BCUT2D eigenvalue weighted by Gasteiger charge is 2.39. The lowest BCUT2D eigenvalue weighted by Crippen LogP contribution is -2.29. The maximum Gasteiger partial charge on any atom is 0.128 e. The summed E-state index contributed by atoms with van der Waals surface area (Å²) in [5, 5.41) is 3.52. The van der Waals surface area contributed by atoms with Gasteiger partial charge in [-0.1, -0.05) is 6.07 Å². The first-order chi connectivity index (χ1) is 9.71. The van der Waals surface area contributed by atoms with Crippen LogP contribution in [0.5, 0.6) is 0 Å². The van der Waals surface area contributed by atoms with E-state index in [1.54, 1.807) is 0 Å². The van der Waals surface area contributed by atoms with Gasteiger partial charge >= 0.3 is 0 Å². The van der Waals surface area contributed by atoms with Crippen LogP contribution in [0.15, 0.2) is 18.3 Å². The lowest BCUT2D eigenvalue weighted by Gasteiger charge is -2.23. The Labute approximate surface area is 134 Å². The zero-order valence-electron chi connectivity index (χ0n) is 13.1. The number of nitrogens with zero attached hydrogens (tertiary/aromatic N) is 3. The van der Waals surface area contributed by atoms with Crippen molar-refractivity contribution in [3.05, 3.63) is 23.9 Å². The number of nitrogens with one attached hydrogen (secondary N) is 1. The van der Waals surface area contributed by atoms with E-state index in [2.05, 4.69) is 46.2 Å². The van der Waals surface area contributed by atoms with Gasteiger partial charge in [0.05, 0.1) is 0 Å². The van der Waals surface area contributed by atoms with E-state index in [-0.39, 0.29) is 12.4 Å². The average molecular weight is 311 g/mol. The minimum absolute atomic E-state index is 0. The fourth-order valence-electron chi connectivity index (χ4n) is 3.46. The smallest absolute Gasteiger partial charge is 0.128 e. The Morgan fingerprint density at radius 2 is 2.24 bits per heavy atom. The quantitative estimate of drug-likeness (QED) is 0.923.